The van der Waals surface area contributed by atoms with Crippen molar-refractivity contribution >= 4 is 5.97 Å². The zero-order chi connectivity index (χ0) is 24.6. The van der Waals surface area contributed by atoms with Crippen LogP contribution in [0.15, 0.2) is 48.6 Å². The van der Waals surface area contributed by atoms with E-state index in [0.717, 1.165) is 30.4 Å². The summed E-state index contributed by atoms with van der Waals surface area (Å²) in [5.41, 5.74) is 0.605. The van der Waals surface area contributed by atoms with Gasteiger partial charge in [0.05, 0.1) is 18.8 Å². The van der Waals surface area contributed by atoms with E-state index in [4.69, 9.17) is 9.47 Å². The zero-order valence-electron chi connectivity index (χ0n) is 21.6. The number of benzene rings is 1. The molecule has 1 aromatic carbocycles. The normalized spacial score (nSPS) is 39.8. The van der Waals surface area contributed by atoms with Gasteiger partial charge in [-0.2, -0.15) is 0 Å². The summed E-state index contributed by atoms with van der Waals surface area (Å²) in [5, 5.41) is 10.1. The Morgan fingerprint density at radius 1 is 0.861 bits per heavy atom. The number of unbranched alkanes of at least 4 members (excludes halogenated alkanes) is 1. The van der Waals surface area contributed by atoms with Gasteiger partial charge in [0.2, 0.25) is 0 Å². The maximum atomic E-state index is 12.9. The molecule has 4 bridgehead atoms. The summed E-state index contributed by atoms with van der Waals surface area (Å²) in [6.07, 6.45) is 18.2. The average Bonchev–Trinajstić information content (AvgIpc) is 3.73. The molecule has 194 valence electrons. The Hall–Kier alpha value is -2.07. The highest BCUT2D eigenvalue weighted by Crippen LogP contribution is 2.59. The fourth-order valence-corrected chi connectivity index (χ4v) is 8.84. The van der Waals surface area contributed by atoms with E-state index >= 15 is 0 Å². The van der Waals surface area contributed by atoms with Crippen molar-refractivity contribution in [2.45, 2.75) is 51.9 Å². The zero-order valence-corrected chi connectivity index (χ0v) is 21.6. The Morgan fingerprint density at radius 3 is 2.11 bits per heavy atom. The summed E-state index contributed by atoms with van der Waals surface area (Å²) in [5.74, 6) is 6.79. The number of aliphatic hydroxyl groups is 1. The van der Waals surface area contributed by atoms with E-state index in [-0.39, 0.29) is 5.97 Å². The van der Waals surface area contributed by atoms with Gasteiger partial charge in [-0.3, -0.25) is 0 Å². The summed E-state index contributed by atoms with van der Waals surface area (Å²) in [6.45, 7) is 3.73. The summed E-state index contributed by atoms with van der Waals surface area (Å²) in [7, 11) is 0. The van der Waals surface area contributed by atoms with E-state index in [1.807, 2.05) is 24.3 Å². The molecule has 0 heterocycles. The van der Waals surface area contributed by atoms with E-state index in [2.05, 4.69) is 31.2 Å². The maximum absolute atomic E-state index is 12.9. The number of carbonyl (C=O) groups is 1. The van der Waals surface area contributed by atoms with Crippen LogP contribution in [0.2, 0.25) is 0 Å². The number of allylic oxidation sites excluding steroid dienone is 4. The number of carbonyl (C=O) groups excluding carboxylic acids is 1. The second kappa shape index (κ2) is 10.4. The van der Waals surface area contributed by atoms with Gasteiger partial charge in [0, 0.05) is 12.5 Å². The van der Waals surface area contributed by atoms with Gasteiger partial charge in [-0.25, -0.2) is 4.79 Å². The van der Waals surface area contributed by atoms with Crippen LogP contribution in [-0.4, -0.2) is 30.9 Å². The molecule has 10 atom stereocenters. The van der Waals surface area contributed by atoms with Crippen LogP contribution < -0.4 is 4.74 Å². The lowest BCUT2D eigenvalue weighted by Crippen LogP contribution is -2.32. The van der Waals surface area contributed by atoms with Crippen LogP contribution in [0.4, 0.5) is 0 Å². The molecule has 3 fully saturated rings. The van der Waals surface area contributed by atoms with Crippen molar-refractivity contribution in [1.29, 1.82) is 0 Å². The highest BCUT2D eigenvalue weighted by molar-refractivity contribution is 5.89. The van der Waals surface area contributed by atoms with E-state index in [0.29, 0.717) is 72.7 Å². The first-order valence-electron chi connectivity index (χ1n) is 14.5. The molecule has 3 saturated carbocycles. The molecule has 36 heavy (non-hydrogen) atoms. The van der Waals surface area contributed by atoms with Crippen molar-refractivity contribution < 1.29 is 19.4 Å². The fraction of sp³-hybridized carbons (Fsp3) is 0.656. The highest BCUT2D eigenvalue weighted by Gasteiger charge is 2.53. The summed E-state index contributed by atoms with van der Waals surface area (Å²) in [4.78, 5) is 12.9. The van der Waals surface area contributed by atoms with Crippen molar-refractivity contribution in [3.63, 3.8) is 0 Å². The fourth-order valence-electron chi connectivity index (χ4n) is 8.84. The minimum absolute atomic E-state index is 0.218. The lowest BCUT2D eigenvalue weighted by molar-refractivity contribution is 0.0327. The average molecular weight is 491 g/mol. The van der Waals surface area contributed by atoms with Crippen molar-refractivity contribution in [1.82, 2.24) is 0 Å². The van der Waals surface area contributed by atoms with Crippen molar-refractivity contribution in [2.24, 2.45) is 59.2 Å². The molecular weight excluding hydrogens is 448 g/mol. The molecule has 2 unspecified atom stereocenters. The lowest BCUT2D eigenvalue weighted by Gasteiger charge is -2.34. The monoisotopic (exact) mass is 490 g/mol. The van der Waals surface area contributed by atoms with Crippen molar-refractivity contribution in [3.05, 3.63) is 54.1 Å². The second-order valence-electron chi connectivity index (χ2n) is 12.2. The number of rotatable bonds is 10. The van der Waals surface area contributed by atoms with Gasteiger partial charge in [-0.05, 0) is 116 Å². The molecular formula is C32H42O4. The molecule has 0 spiro atoms. The van der Waals surface area contributed by atoms with Gasteiger partial charge < -0.3 is 14.6 Å². The topological polar surface area (TPSA) is 55.8 Å². The van der Waals surface area contributed by atoms with Gasteiger partial charge in [0.15, 0.2) is 0 Å². The van der Waals surface area contributed by atoms with Gasteiger partial charge in [-0.1, -0.05) is 37.6 Å². The Morgan fingerprint density at radius 2 is 1.47 bits per heavy atom. The summed E-state index contributed by atoms with van der Waals surface area (Å²) in [6, 6.07) is 7.40. The largest absolute Gasteiger partial charge is 0.494 e. The van der Waals surface area contributed by atoms with Crippen LogP contribution >= 0.6 is 0 Å². The van der Waals surface area contributed by atoms with Crippen LogP contribution in [0.5, 0.6) is 5.75 Å². The van der Waals surface area contributed by atoms with Gasteiger partial charge >= 0.3 is 5.97 Å². The van der Waals surface area contributed by atoms with E-state index < -0.39 is 0 Å². The molecule has 0 amide bonds. The Kier molecular flexibility index (Phi) is 6.99. The Bertz CT molecular complexity index is 980. The number of hydrogen-bond acceptors (Lipinski definition) is 4. The lowest BCUT2D eigenvalue weighted by atomic mass is 9.71. The maximum Gasteiger partial charge on any atom is 0.338 e. The first kappa shape index (κ1) is 24.3. The molecule has 0 aliphatic heterocycles. The Labute approximate surface area is 216 Å². The molecule has 4 heteroatoms. The molecule has 5 aliphatic rings. The molecule has 6 rings (SSSR count). The third-order valence-electron chi connectivity index (χ3n) is 10.5. The van der Waals surface area contributed by atoms with Crippen LogP contribution in [0.3, 0.4) is 0 Å². The molecule has 1 aromatic rings. The third-order valence-corrected chi connectivity index (χ3v) is 10.5. The molecule has 0 aromatic heterocycles. The van der Waals surface area contributed by atoms with Crippen LogP contribution in [0.1, 0.15) is 62.2 Å². The number of esters is 1. The molecule has 0 radical (unpaired) electrons. The van der Waals surface area contributed by atoms with E-state index in [1.165, 1.54) is 32.1 Å². The number of ether oxygens (including phenoxy) is 2. The number of hydrogen-bond donors (Lipinski definition) is 1. The van der Waals surface area contributed by atoms with E-state index in [9.17, 15) is 9.90 Å². The Balaban J connectivity index is 1.06. The standard InChI is InChI=1S/C32H42O4/c1-2-3-14-35-27-12-10-20(11-13-27)32(34)36-19-29-22-5-7-24(16-22)31(29)26-9-8-25(17-26)30-23-6-4-21(15-23)28(30)18-33/h4-7,10-13,21-26,28-31,33H,2-3,8-9,14-19H2,1H3/t21-,22+,23+,24-,25?,26?,28-,29+,30+,31-/m0/s1. The van der Waals surface area contributed by atoms with Gasteiger partial charge in [-0.15, -0.1) is 0 Å². The molecule has 0 saturated heterocycles. The van der Waals surface area contributed by atoms with Crippen molar-refractivity contribution in [2.75, 3.05) is 19.8 Å². The third kappa shape index (κ3) is 4.44. The van der Waals surface area contributed by atoms with Crippen LogP contribution in [0.25, 0.3) is 0 Å². The smallest absolute Gasteiger partial charge is 0.338 e. The first-order valence-corrected chi connectivity index (χ1v) is 14.5. The predicted molar refractivity (Wildman–Crippen MR) is 140 cm³/mol. The minimum Gasteiger partial charge on any atom is -0.494 e. The summed E-state index contributed by atoms with van der Waals surface area (Å²) < 4.78 is 11.7. The molecule has 1 N–H and O–H groups in total. The second-order valence-corrected chi connectivity index (χ2v) is 12.2. The molecule has 4 nitrogen and oxygen atoms in total. The van der Waals surface area contributed by atoms with Crippen LogP contribution in [0, 0.1) is 59.2 Å². The minimum atomic E-state index is -0.218. The number of aliphatic hydroxyl groups excluding tert-OH is 1. The summed E-state index contributed by atoms with van der Waals surface area (Å²) >= 11 is 0. The SMILES string of the molecule is CCCCOc1ccc(C(=O)OC[C@H]2[C@H](C3CCC([C@@H]4[C@@H](CO)[C@H]5C=C[C@@H]4C5)C3)[C@H]3C=C[C@@H]2C3)cc1. The van der Waals surface area contributed by atoms with Gasteiger partial charge in [0.25, 0.3) is 0 Å². The van der Waals surface area contributed by atoms with Crippen LogP contribution in [-0.2, 0) is 4.74 Å². The predicted octanol–water partition coefficient (Wildman–Crippen LogP) is 6.31. The first-order chi connectivity index (χ1) is 17.7. The van der Waals surface area contributed by atoms with Crippen molar-refractivity contribution in [3.8, 4) is 5.75 Å². The number of fused-ring (bicyclic) bond motifs is 4. The van der Waals surface area contributed by atoms with E-state index in [1.54, 1.807) is 0 Å². The quantitative estimate of drug-likeness (QED) is 0.237. The van der Waals surface area contributed by atoms with Gasteiger partial charge in [0.1, 0.15) is 5.75 Å². The highest BCUT2D eigenvalue weighted by atomic mass is 16.5. The molecule has 5 aliphatic carbocycles.